The maximum Gasteiger partial charge on any atom is 0.255 e. The Balaban J connectivity index is 1.15. The zero-order valence-corrected chi connectivity index (χ0v) is 19.9. The van der Waals surface area contributed by atoms with E-state index in [1.165, 1.54) is 40.9 Å². The van der Waals surface area contributed by atoms with Gasteiger partial charge >= 0.3 is 0 Å². The lowest BCUT2D eigenvalue weighted by atomic mass is 10.1. The number of halogens is 1. The molecule has 0 radical (unpaired) electrons. The van der Waals surface area contributed by atoms with Gasteiger partial charge in [0.05, 0.1) is 5.52 Å². The number of nitrogens with one attached hydrogen (secondary N) is 1. The summed E-state index contributed by atoms with van der Waals surface area (Å²) in [6.07, 6.45) is 0.914. The highest BCUT2D eigenvalue weighted by Crippen LogP contribution is 2.27. The lowest BCUT2D eigenvalue weighted by molar-refractivity contribution is 0.102. The Bertz CT molecular complexity index is 1330. The van der Waals surface area contributed by atoms with Crippen molar-refractivity contribution in [3.05, 3.63) is 102 Å². The van der Waals surface area contributed by atoms with Gasteiger partial charge in [0.15, 0.2) is 0 Å². The lowest BCUT2D eigenvalue weighted by Gasteiger charge is -2.36. The van der Waals surface area contributed by atoms with E-state index < -0.39 is 0 Å². The van der Waals surface area contributed by atoms with Crippen LogP contribution in [-0.2, 0) is 6.42 Å². The molecule has 6 heteroatoms. The number of aromatic nitrogens is 1. The summed E-state index contributed by atoms with van der Waals surface area (Å²) in [7, 11) is 0. The van der Waals surface area contributed by atoms with E-state index >= 15 is 0 Å². The Morgan fingerprint density at radius 3 is 2.51 bits per heavy atom. The molecule has 0 unspecified atom stereocenters. The third-order valence-corrected chi connectivity index (χ3v) is 6.57. The molecule has 0 atom stereocenters. The number of pyridine rings is 1. The number of hydrogen-bond donors (Lipinski definition) is 1. The highest BCUT2D eigenvalue weighted by molar-refractivity contribution is 6.04. The van der Waals surface area contributed by atoms with Crippen LogP contribution in [0.15, 0.2) is 78.9 Å². The van der Waals surface area contributed by atoms with Crippen molar-refractivity contribution in [1.82, 2.24) is 9.88 Å². The van der Waals surface area contributed by atoms with Crippen molar-refractivity contribution < 1.29 is 9.18 Å². The number of carbonyl (C=O) groups is 1. The number of rotatable bonds is 6. The van der Waals surface area contributed by atoms with Crippen LogP contribution in [0.25, 0.3) is 10.9 Å². The largest absolute Gasteiger partial charge is 0.368 e. The van der Waals surface area contributed by atoms with E-state index in [4.69, 9.17) is 0 Å². The van der Waals surface area contributed by atoms with Gasteiger partial charge < -0.3 is 10.2 Å². The van der Waals surface area contributed by atoms with Gasteiger partial charge in [0, 0.05) is 60.7 Å². The quantitative estimate of drug-likeness (QED) is 0.417. The number of fused-ring (bicyclic) bond motifs is 1. The van der Waals surface area contributed by atoms with Crippen LogP contribution in [0.3, 0.4) is 0 Å². The zero-order valence-electron chi connectivity index (χ0n) is 19.9. The first-order valence-corrected chi connectivity index (χ1v) is 12.0. The molecule has 0 bridgehead atoms. The number of amides is 1. The van der Waals surface area contributed by atoms with Crippen LogP contribution >= 0.6 is 0 Å². The molecule has 35 heavy (non-hydrogen) atoms. The van der Waals surface area contributed by atoms with E-state index in [0.717, 1.165) is 56.0 Å². The summed E-state index contributed by atoms with van der Waals surface area (Å²) in [6, 6.07) is 24.2. The van der Waals surface area contributed by atoms with E-state index in [9.17, 15) is 9.18 Å². The standard InChI is InChI=1S/C29H29FN4O/c1-21-8-13-26-27(31-21)6-3-7-28(26)34-18-16-33(17-19-34)15-14-22-4-2-5-25(20-22)32-29(35)23-9-11-24(30)12-10-23/h2-13,20H,14-19H2,1H3,(H,32,35). The first-order valence-electron chi connectivity index (χ1n) is 12.0. The van der Waals surface area contributed by atoms with Gasteiger partial charge in [-0.15, -0.1) is 0 Å². The SMILES string of the molecule is Cc1ccc2c(N3CCN(CCc4cccc(NC(=O)c5ccc(F)cc5)c4)CC3)cccc2n1. The topological polar surface area (TPSA) is 48.5 Å². The highest BCUT2D eigenvalue weighted by atomic mass is 19.1. The van der Waals surface area contributed by atoms with Crippen molar-refractivity contribution in [2.24, 2.45) is 0 Å². The van der Waals surface area contributed by atoms with Gasteiger partial charge in [-0.25, -0.2) is 4.39 Å². The van der Waals surface area contributed by atoms with Crippen LogP contribution in [0.1, 0.15) is 21.6 Å². The molecule has 4 aromatic rings. The molecule has 1 aromatic heterocycles. The molecule has 1 amide bonds. The predicted molar refractivity (Wildman–Crippen MR) is 140 cm³/mol. The molecule has 1 aliphatic heterocycles. The maximum atomic E-state index is 13.1. The van der Waals surface area contributed by atoms with E-state index in [0.29, 0.717) is 5.56 Å². The summed E-state index contributed by atoms with van der Waals surface area (Å²) in [5.41, 5.74) is 5.72. The fraction of sp³-hybridized carbons (Fsp3) is 0.241. The second-order valence-corrected chi connectivity index (χ2v) is 9.04. The number of aryl methyl sites for hydroxylation is 1. The van der Waals surface area contributed by atoms with Gasteiger partial charge in [-0.05, 0) is 79.6 Å². The molecule has 1 aliphatic rings. The Kier molecular flexibility index (Phi) is 6.73. The van der Waals surface area contributed by atoms with E-state index in [1.807, 2.05) is 25.1 Å². The molecular weight excluding hydrogens is 439 g/mol. The van der Waals surface area contributed by atoms with Crippen molar-refractivity contribution >= 4 is 28.2 Å². The molecule has 0 aliphatic carbocycles. The molecule has 1 saturated heterocycles. The second-order valence-electron chi connectivity index (χ2n) is 9.04. The van der Waals surface area contributed by atoms with Crippen LogP contribution in [0.4, 0.5) is 15.8 Å². The Morgan fingerprint density at radius 1 is 0.943 bits per heavy atom. The number of anilines is 2. The van der Waals surface area contributed by atoms with Crippen molar-refractivity contribution in [1.29, 1.82) is 0 Å². The lowest BCUT2D eigenvalue weighted by Crippen LogP contribution is -2.47. The zero-order chi connectivity index (χ0) is 24.2. The van der Waals surface area contributed by atoms with Crippen molar-refractivity contribution in [2.75, 3.05) is 42.9 Å². The predicted octanol–water partition coefficient (Wildman–Crippen LogP) is 5.30. The number of carbonyl (C=O) groups excluding carboxylic acids is 1. The molecule has 178 valence electrons. The van der Waals surface area contributed by atoms with Crippen LogP contribution in [0.5, 0.6) is 0 Å². The van der Waals surface area contributed by atoms with Gasteiger partial charge in [-0.3, -0.25) is 14.7 Å². The molecule has 5 rings (SSSR count). The van der Waals surface area contributed by atoms with Gasteiger partial charge in [0.1, 0.15) is 5.82 Å². The van der Waals surface area contributed by atoms with Gasteiger partial charge in [-0.1, -0.05) is 18.2 Å². The van der Waals surface area contributed by atoms with Gasteiger partial charge in [0.2, 0.25) is 0 Å². The number of hydrogen-bond acceptors (Lipinski definition) is 4. The third kappa shape index (κ3) is 5.49. The second kappa shape index (κ2) is 10.2. The van der Waals surface area contributed by atoms with Crippen LogP contribution in [-0.4, -0.2) is 48.5 Å². The molecule has 3 aromatic carbocycles. The molecule has 2 heterocycles. The van der Waals surface area contributed by atoms with Crippen LogP contribution in [0.2, 0.25) is 0 Å². The number of benzene rings is 3. The molecule has 1 fully saturated rings. The monoisotopic (exact) mass is 468 g/mol. The Morgan fingerprint density at radius 2 is 1.71 bits per heavy atom. The summed E-state index contributed by atoms with van der Waals surface area (Å²) in [4.78, 5) is 22.1. The summed E-state index contributed by atoms with van der Waals surface area (Å²) < 4.78 is 13.1. The number of piperazine rings is 1. The van der Waals surface area contributed by atoms with Gasteiger partial charge in [-0.2, -0.15) is 0 Å². The minimum atomic E-state index is -0.353. The average molecular weight is 469 g/mol. The minimum Gasteiger partial charge on any atom is -0.368 e. The smallest absolute Gasteiger partial charge is 0.255 e. The molecule has 0 saturated carbocycles. The highest BCUT2D eigenvalue weighted by Gasteiger charge is 2.19. The summed E-state index contributed by atoms with van der Waals surface area (Å²) in [5, 5.41) is 4.13. The van der Waals surface area contributed by atoms with E-state index in [2.05, 4.69) is 56.5 Å². The molecule has 0 spiro atoms. The normalized spacial score (nSPS) is 14.3. The molecule has 5 nitrogen and oxygen atoms in total. The Labute approximate surface area is 205 Å². The van der Waals surface area contributed by atoms with Crippen molar-refractivity contribution in [3.8, 4) is 0 Å². The maximum absolute atomic E-state index is 13.1. The van der Waals surface area contributed by atoms with Crippen LogP contribution < -0.4 is 10.2 Å². The summed E-state index contributed by atoms with van der Waals surface area (Å²) in [6.45, 7) is 6.99. The molecular formula is C29H29FN4O. The van der Waals surface area contributed by atoms with Crippen LogP contribution in [0, 0.1) is 12.7 Å². The van der Waals surface area contributed by atoms with Crippen molar-refractivity contribution in [2.45, 2.75) is 13.3 Å². The first-order chi connectivity index (χ1) is 17.0. The summed E-state index contributed by atoms with van der Waals surface area (Å²) >= 11 is 0. The van der Waals surface area contributed by atoms with E-state index in [1.54, 1.807) is 0 Å². The summed E-state index contributed by atoms with van der Waals surface area (Å²) in [5.74, 6) is -0.592. The minimum absolute atomic E-state index is 0.239. The molecule has 1 N–H and O–H groups in total. The Hall–Kier alpha value is -3.77. The number of nitrogens with zero attached hydrogens (tertiary/aromatic N) is 3. The fourth-order valence-electron chi connectivity index (χ4n) is 4.63. The third-order valence-electron chi connectivity index (χ3n) is 6.57. The average Bonchev–Trinajstić information content (AvgIpc) is 2.88. The van der Waals surface area contributed by atoms with Crippen molar-refractivity contribution in [3.63, 3.8) is 0 Å². The van der Waals surface area contributed by atoms with Gasteiger partial charge in [0.25, 0.3) is 5.91 Å². The first kappa shape index (κ1) is 23.0. The van der Waals surface area contributed by atoms with E-state index in [-0.39, 0.29) is 11.7 Å². The fourth-order valence-corrected chi connectivity index (χ4v) is 4.63.